The first kappa shape index (κ1) is 25.0. The molecule has 11 heteroatoms. The summed E-state index contributed by atoms with van der Waals surface area (Å²) in [5.41, 5.74) is 2.97. The van der Waals surface area contributed by atoms with Crippen LogP contribution in [0.4, 0.5) is 17.2 Å². The Morgan fingerprint density at radius 3 is 2.87 bits per heavy atom. The maximum absolute atomic E-state index is 13.4. The largest absolute Gasteiger partial charge is 0.340 e. The number of pyridine rings is 1. The Labute approximate surface area is 233 Å². The molecule has 2 N–H and O–H groups in total. The van der Waals surface area contributed by atoms with Gasteiger partial charge in [-0.05, 0) is 78.7 Å². The van der Waals surface area contributed by atoms with Crippen LogP contribution in [-0.4, -0.2) is 49.4 Å². The number of nitrogens with zero attached hydrogens (tertiary/aromatic N) is 5. The van der Waals surface area contributed by atoms with Crippen LogP contribution in [0, 0.1) is 0 Å². The van der Waals surface area contributed by atoms with Crippen molar-refractivity contribution in [2.45, 2.75) is 18.9 Å². The highest BCUT2D eigenvalue weighted by Gasteiger charge is 2.37. The molecule has 0 bridgehead atoms. The molecule has 0 unspecified atom stereocenters. The number of aliphatic imine (C=N–C) groups is 1. The molecule has 0 radical (unpaired) electrons. The molecule has 0 saturated carbocycles. The number of hydrogen-bond donors (Lipinski definition) is 2. The standard InChI is InChI=1S/C28H22ClN7O2S/c29-18-5-1-6-19(13-18)33-25-21-14-20(8-9-22(21)31-16-32-25)34-26(37)23-7-3-11-36(23)28-35-27(38)24(39-28)12-17-4-2-10-30-15-17/h1-2,4-6,8-10,12-16,23H,3,7,11H2,(H,34,37)(H,31,32,33)/b24-12+/t23-/m0/s1. The molecule has 194 valence electrons. The average Bonchev–Trinajstić information content (AvgIpc) is 3.57. The molecule has 9 nitrogen and oxygen atoms in total. The van der Waals surface area contributed by atoms with E-state index in [1.54, 1.807) is 24.5 Å². The lowest BCUT2D eigenvalue weighted by Gasteiger charge is -2.24. The minimum atomic E-state index is -0.437. The maximum Gasteiger partial charge on any atom is 0.286 e. The number of hydrogen-bond acceptors (Lipinski definition) is 8. The number of aromatic nitrogens is 3. The zero-order valence-corrected chi connectivity index (χ0v) is 22.1. The van der Waals surface area contributed by atoms with Gasteiger partial charge in [0.25, 0.3) is 5.91 Å². The molecule has 6 rings (SSSR count). The Bertz CT molecular complexity index is 1640. The molecule has 1 saturated heterocycles. The van der Waals surface area contributed by atoms with Gasteiger partial charge in [0, 0.05) is 40.7 Å². The number of carbonyl (C=O) groups is 2. The lowest BCUT2D eigenvalue weighted by atomic mass is 10.1. The summed E-state index contributed by atoms with van der Waals surface area (Å²) in [4.78, 5) is 45.5. The van der Waals surface area contributed by atoms with E-state index in [1.165, 1.54) is 18.1 Å². The summed E-state index contributed by atoms with van der Waals surface area (Å²) in [6.45, 7) is 0.649. The van der Waals surface area contributed by atoms with Crippen LogP contribution in [-0.2, 0) is 9.59 Å². The van der Waals surface area contributed by atoms with E-state index in [4.69, 9.17) is 11.6 Å². The van der Waals surface area contributed by atoms with E-state index in [2.05, 4.69) is 30.6 Å². The summed E-state index contributed by atoms with van der Waals surface area (Å²) >= 11 is 7.42. The number of carbonyl (C=O) groups excluding carboxylic acids is 2. The van der Waals surface area contributed by atoms with E-state index in [-0.39, 0.29) is 11.8 Å². The van der Waals surface area contributed by atoms with Gasteiger partial charge in [0.15, 0.2) is 5.17 Å². The second-order valence-electron chi connectivity index (χ2n) is 9.03. The summed E-state index contributed by atoms with van der Waals surface area (Å²) in [6, 6.07) is 16.1. The van der Waals surface area contributed by atoms with Gasteiger partial charge in [-0.2, -0.15) is 4.99 Å². The van der Waals surface area contributed by atoms with Crippen molar-refractivity contribution in [3.63, 3.8) is 0 Å². The van der Waals surface area contributed by atoms with Crippen LogP contribution in [0.1, 0.15) is 18.4 Å². The average molecular weight is 556 g/mol. The monoisotopic (exact) mass is 555 g/mol. The van der Waals surface area contributed by atoms with E-state index in [0.29, 0.717) is 39.6 Å². The third kappa shape index (κ3) is 5.47. The van der Waals surface area contributed by atoms with Crippen LogP contribution in [0.5, 0.6) is 0 Å². The van der Waals surface area contributed by atoms with Crippen molar-refractivity contribution in [1.82, 2.24) is 19.9 Å². The van der Waals surface area contributed by atoms with Gasteiger partial charge in [-0.1, -0.05) is 23.7 Å². The normalized spacial score (nSPS) is 18.0. The summed E-state index contributed by atoms with van der Waals surface area (Å²) in [7, 11) is 0. The first-order valence-corrected chi connectivity index (χ1v) is 13.5. The molecule has 4 aromatic rings. The Kier molecular flexibility index (Phi) is 6.95. The van der Waals surface area contributed by atoms with Gasteiger partial charge >= 0.3 is 0 Å². The van der Waals surface area contributed by atoms with Gasteiger partial charge in [-0.25, -0.2) is 9.97 Å². The van der Waals surface area contributed by atoms with Gasteiger partial charge in [-0.3, -0.25) is 14.6 Å². The van der Waals surface area contributed by atoms with E-state index < -0.39 is 6.04 Å². The van der Waals surface area contributed by atoms with Gasteiger partial charge < -0.3 is 15.5 Å². The topological polar surface area (TPSA) is 112 Å². The lowest BCUT2D eigenvalue weighted by Crippen LogP contribution is -2.41. The van der Waals surface area contributed by atoms with Gasteiger partial charge in [0.2, 0.25) is 5.91 Å². The highest BCUT2D eigenvalue weighted by atomic mass is 35.5. The van der Waals surface area contributed by atoms with Gasteiger partial charge in [-0.15, -0.1) is 0 Å². The Morgan fingerprint density at radius 2 is 2.03 bits per heavy atom. The van der Waals surface area contributed by atoms with Crippen molar-refractivity contribution in [1.29, 1.82) is 0 Å². The number of amides is 2. The Morgan fingerprint density at radius 1 is 1.10 bits per heavy atom. The number of halogens is 1. The lowest BCUT2D eigenvalue weighted by molar-refractivity contribution is -0.119. The number of thioether (sulfide) groups is 1. The minimum Gasteiger partial charge on any atom is -0.340 e. The smallest absolute Gasteiger partial charge is 0.286 e. The number of fused-ring (bicyclic) bond motifs is 1. The molecule has 1 fully saturated rings. The van der Waals surface area contributed by atoms with Crippen LogP contribution in [0.3, 0.4) is 0 Å². The quantitative estimate of drug-likeness (QED) is 0.311. The summed E-state index contributed by atoms with van der Waals surface area (Å²) < 4.78 is 0. The predicted octanol–water partition coefficient (Wildman–Crippen LogP) is 5.50. The van der Waals surface area contributed by atoms with E-state index in [0.717, 1.165) is 28.6 Å². The van der Waals surface area contributed by atoms with Crippen LogP contribution in [0.2, 0.25) is 5.02 Å². The van der Waals surface area contributed by atoms with Crippen molar-refractivity contribution in [2.24, 2.45) is 4.99 Å². The summed E-state index contributed by atoms with van der Waals surface area (Å²) in [5.74, 6) is 0.136. The van der Waals surface area contributed by atoms with E-state index >= 15 is 0 Å². The van der Waals surface area contributed by atoms with Crippen LogP contribution >= 0.6 is 23.4 Å². The van der Waals surface area contributed by atoms with Crippen LogP contribution < -0.4 is 10.6 Å². The van der Waals surface area contributed by atoms with Crippen molar-refractivity contribution < 1.29 is 9.59 Å². The molecular formula is C28H22ClN7O2S. The fourth-order valence-electron chi connectivity index (χ4n) is 4.56. The van der Waals surface area contributed by atoms with Crippen molar-refractivity contribution >= 4 is 74.5 Å². The third-order valence-corrected chi connectivity index (χ3v) is 7.64. The Balaban J connectivity index is 1.19. The molecule has 2 aliphatic rings. The summed E-state index contributed by atoms with van der Waals surface area (Å²) in [5, 5.41) is 8.23. The Hall–Kier alpha value is -4.28. The molecule has 0 aliphatic carbocycles. The predicted molar refractivity (Wildman–Crippen MR) is 155 cm³/mol. The second kappa shape index (κ2) is 10.8. The van der Waals surface area contributed by atoms with Crippen molar-refractivity contribution in [3.05, 3.63) is 88.8 Å². The number of rotatable bonds is 5. The van der Waals surface area contributed by atoms with Crippen molar-refractivity contribution in [2.75, 3.05) is 17.2 Å². The van der Waals surface area contributed by atoms with Crippen LogP contribution in [0.15, 0.2) is 83.2 Å². The number of anilines is 3. The van der Waals surface area contributed by atoms with E-state index in [9.17, 15) is 9.59 Å². The zero-order valence-electron chi connectivity index (χ0n) is 20.5. The SMILES string of the molecule is O=C1N=C(N2CCC[C@H]2C(=O)Nc2ccc3ncnc(Nc4cccc(Cl)c4)c3c2)S/C1=C/c1cccnc1. The second-order valence-corrected chi connectivity index (χ2v) is 10.5. The molecule has 2 aliphatic heterocycles. The highest BCUT2D eigenvalue weighted by Crippen LogP contribution is 2.34. The molecule has 1 atom stereocenters. The molecule has 2 amide bonds. The zero-order chi connectivity index (χ0) is 26.8. The number of amidine groups is 1. The molecule has 4 heterocycles. The first-order valence-electron chi connectivity index (χ1n) is 12.3. The highest BCUT2D eigenvalue weighted by molar-refractivity contribution is 8.18. The number of likely N-dealkylation sites (tertiary alicyclic amines) is 1. The van der Waals surface area contributed by atoms with Crippen LogP contribution in [0.25, 0.3) is 17.0 Å². The molecule has 0 spiro atoms. The fourth-order valence-corrected chi connectivity index (χ4v) is 5.74. The maximum atomic E-state index is 13.4. The molecule has 2 aromatic heterocycles. The molecular weight excluding hydrogens is 534 g/mol. The van der Waals surface area contributed by atoms with Gasteiger partial charge in [0.1, 0.15) is 18.2 Å². The van der Waals surface area contributed by atoms with Crippen molar-refractivity contribution in [3.8, 4) is 0 Å². The van der Waals surface area contributed by atoms with Gasteiger partial charge in [0.05, 0.1) is 10.4 Å². The summed E-state index contributed by atoms with van der Waals surface area (Å²) in [6.07, 6.45) is 8.12. The molecule has 39 heavy (non-hydrogen) atoms. The number of nitrogens with one attached hydrogen (secondary N) is 2. The fraction of sp³-hybridized carbons (Fsp3) is 0.143. The minimum absolute atomic E-state index is 0.159. The third-order valence-electron chi connectivity index (χ3n) is 6.38. The molecule has 2 aromatic carbocycles. The first-order chi connectivity index (χ1) is 19.0. The number of benzene rings is 2. The van der Waals surface area contributed by atoms with E-state index in [1.807, 2.05) is 53.4 Å².